The molecule has 23 heavy (non-hydrogen) atoms. The average Bonchev–Trinajstić information content (AvgIpc) is 2.42. The number of guanidine groups is 1. The Kier molecular flexibility index (Phi) is 9.70. The maximum atomic E-state index is 13.7. The van der Waals surface area contributed by atoms with Crippen molar-refractivity contribution in [2.24, 2.45) is 4.99 Å². The first kappa shape index (κ1) is 21.6. The van der Waals surface area contributed by atoms with Crippen LogP contribution in [-0.4, -0.2) is 31.5 Å². The van der Waals surface area contributed by atoms with Crippen LogP contribution in [0.15, 0.2) is 23.2 Å². The van der Waals surface area contributed by atoms with Gasteiger partial charge in [0.05, 0.1) is 12.6 Å². The molecule has 1 aromatic carbocycles. The zero-order valence-corrected chi connectivity index (χ0v) is 15.9. The van der Waals surface area contributed by atoms with E-state index in [-0.39, 0.29) is 42.5 Å². The van der Waals surface area contributed by atoms with Gasteiger partial charge in [-0.25, -0.2) is 8.78 Å². The van der Waals surface area contributed by atoms with Gasteiger partial charge in [0, 0.05) is 24.7 Å². The fourth-order valence-electron chi connectivity index (χ4n) is 1.87. The molecule has 1 atom stereocenters. The molecule has 0 aliphatic carbocycles. The van der Waals surface area contributed by atoms with Gasteiger partial charge in [0.25, 0.3) is 0 Å². The quantitative estimate of drug-likeness (QED) is 0.374. The van der Waals surface area contributed by atoms with E-state index in [0.717, 1.165) is 6.07 Å². The lowest BCUT2D eigenvalue weighted by molar-refractivity contribution is -0.120. The zero-order valence-electron chi connectivity index (χ0n) is 13.6. The van der Waals surface area contributed by atoms with Crippen LogP contribution >= 0.6 is 24.0 Å². The Bertz CT molecular complexity index is 552. The fraction of sp³-hybridized carbons (Fsp3) is 0.467. The van der Waals surface area contributed by atoms with Gasteiger partial charge in [-0.05, 0) is 26.8 Å². The van der Waals surface area contributed by atoms with E-state index >= 15 is 0 Å². The summed E-state index contributed by atoms with van der Waals surface area (Å²) in [5.74, 6) is -1.07. The molecule has 130 valence electrons. The molecule has 8 heteroatoms. The second kappa shape index (κ2) is 10.3. The van der Waals surface area contributed by atoms with E-state index < -0.39 is 17.7 Å². The van der Waals surface area contributed by atoms with E-state index in [1.807, 2.05) is 13.8 Å². The lowest BCUT2D eigenvalue weighted by atomic mass is 10.1. The van der Waals surface area contributed by atoms with E-state index in [1.165, 1.54) is 12.1 Å². The summed E-state index contributed by atoms with van der Waals surface area (Å²) in [4.78, 5) is 15.5. The molecule has 1 unspecified atom stereocenters. The number of aliphatic imine (C=N–C) groups is 1. The first-order valence-electron chi connectivity index (χ1n) is 7.05. The van der Waals surface area contributed by atoms with Gasteiger partial charge in [-0.1, -0.05) is 6.07 Å². The molecule has 5 nitrogen and oxygen atoms in total. The summed E-state index contributed by atoms with van der Waals surface area (Å²) < 4.78 is 26.6. The lowest BCUT2D eigenvalue weighted by Crippen LogP contribution is -2.45. The van der Waals surface area contributed by atoms with E-state index in [4.69, 9.17) is 0 Å². The van der Waals surface area contributed by atoms with Crippen LogP contribution in [0.3, 0.4) is 0 Å². The molecule has 0 aliphatic rings. The average molecular weight is 440 g/mol. The normalized spacial score (nSPS) is 12.4. The summed E-state index contributed by atoms with van der Waals surface area (Å²) in [6, 6.07) is 3.03. The van der Waals surface area contributed by atoms with Crippen LogP contribution < -0.4 is 16.0 Å². The Balaban J connectivity index is 0.00000484. The smallest absolute Gasteiger partial charge is 0.239 e. The molecule has 0 saturated heterocycles. The van der Waals surface area contributed by atoms with Gasteiger partial charge in [0.2, 0.25) is 5.91 Å². The lowest BCUT2D eigenvalue weighted by Gasteiger charge is -2.19. The highest BCUT2D eigenvalue weighted by molar-refractivity contribution is 14.0. The van der Waals surface area contributed by atoms with Crippen LogP contribution in [-0.2, 0) is 4.79 Å². The number of nitrogens with zero attached hydrogens (tertiary/aromatic N) is 1. The van der Waals surface area contributed by atoms with Crippen molar-refractivity contribution in [3.05, 3.63) is 35.4 Å². The van der Waals surface area contributed by atoms with Crippen molar-refractivity contribution in [1.29, 1.82) is 0 Å². The Morgan fingerprint density at radius 3 is 2.39 bits per heavy atom. The topological polar surface area (TPSA) is 65.5 Å². The number of amides is 1. The third-order valence-corrected chi connectivity index (χ3v) is 2.87. The minimum absolute atomic E-state index is 0. The minimum atomic E-state index is -0.631. The maximum Gasteiger partial charge on any atom is 0.239 e. The fourth-order valence-corrected chi connectivity index (χ4v) is 1.87. The number of halogens is 3. The van der Waals surface area contributed by atoms with Crippen molar-refractivity contribution in [1.82, 2.24) is 16.0 Å². The van der Waals surface area contributed by atoms with Gasteiger partial charge in [-0.2, -0.15) is 0 Å². The zero-order chi connectivity index (χ0) is 16.7. The molecule has 0 aliphatic heterocycles. The SMILES string of the molecule is CN=C(NCC(=O)NC(C)C)NC(C)c1ccc(F)cc1F.I. The van der Waals surface area contributed by atoms with Crippen LogP contribution in [0.4, 0.5) is 8.78 Å². The standard InChI is InChI=1S/C15H22F2N4O.HI/c1-9(2)20-14(22)8-19-15(18-4)21-10(3)12-6-5-11(16)7-13(12)17;/h5-7,9-10H,8H2,1-4H3,(H,20,22)(H2,18,19,21);1H. The molecule has 3 N–H and O–H groups in total. The first-order valence-corrected chi connectivity index (χ1v) is 7.05. The molecule has 0 saturated carbocycles. The number of rotatable bonds is 5. The summed E-state index contributed by atoms with van der Waals surface area (Å²) in [5, 5.41) is 8.52. The van der Waals surface area contributed by atoms with Gasteiger partial charge in [-0.3, -0.25) is 9.79 Å². The van der Waals surface area contributed by atoms with E-state index in [0.29, 0.717) is 11.5 Å². The first-order chi connectivity index (χ1) is 10.3. The molecule has 0 bridgehead atoms. The predicted molar refractivity (Wildman–Crippen MR) is 98.0 cm³/mol. The van der Waals surface area contributed by atoms with Gasteiger partial charge >= 0.3 is 0 Å². The van der Waals surface area contributed by atoms with Crippen molar-refractivity contribution in [3.63, 3.8) is 0 Å². The van der Waals surface area contributed by atoms with Crippen LogP contribution in [0.2, 0.25) is 0 Å². The molecule has 1 amide bonds. The number of hydrogen-bond acceptors (Lipinski definition) is 2. The minimum Gasteiger partial charge on any atom is -0.352 e. The van der Waals surface area contributed by atoms with Gasteiger partial charge in [0.15, 0.2) is 5.96 Å². The second-order valence-electron chi connectivity index (χ2n) is 5.18. The number of hydrogen-bond donors (Lipinski definition) is 3. The molecule has 0 heterocycles. The number of benzene rings is 1. The summed E-state index contributed by atoms with van der Waals surface area (Å²) in [6.07, 6.45) is 0. The van der Waals surface area contributed by atoms with Crippen LogP contribution in [0.25, 0.3) is 0 Å². The third kappa shape index (κ3) is 7.58. The van der Waals surface area contributed by atoms with Crippen LogP contribution in [0.1, 0.15) is 32.4 Å². The van der Waals surface area contributed by atoms with Gasteiger partial charge < -0.3 is 16.0 Å². The Morgan fingerprint density at radius 2 is 1.87 bits per heavy atom. The number of nitrogens with one attached hydrogen (secondary N) is 3. The second-order valence-corrected chi connectivity index (χ2v) is 5.18. The molecule has 0 fully saturated rings. The van der Waals surface area contributed by atoms with Crippen molar-refractivity contribution in [2.45, 2.75) is 32.9 Å². The van der Waals surface area contributed by atoms with Gasteiger partial charge in [0.1, 0.15) is 11.6 Å². The summed E-state index contributed by atoms with van der Waals surface area (Å²) >= 11 is 0. The molecule has 1 aromatic rings. The number of carbonyl (C=O) groups is 1. The summed E-state index contributed by atoms with van der Waals surface area (Å²) in [6.45, 7) is 5.50. The molecular formula is C15H23F2IN4O. The van der Waals surface area contributed by atoms with Crippen molar-refractivity contribution in [3.8, 4) is 0 Å². The molecule has 1 rings (SSSR count). The van der Waals surface area contributed by atoms with Crippen LogP contribution in [0.5, 0.6) is 0 Å². The Morgan fingerprint density at radius 1 is 1.22 bits per heavy atom. The summed E-state index contributed by atoms with van der Waals surface area (Å²) in [7, 11) is 1.55. The van der Waals surface area contributed by atoms with E-state index in [1.54, 1.807) is 14.0 Å². The van der Waals surface area contributed by atoms with Crippen molar-refractivity contribution < 1.29 is 13.6 Å². The molecule has 0 aromatic heterocycles. The maximum absolute atomic E-state index is 13.7. The predicted octanol–water partition coefficient (Wildman–Crippen LogP) is 2.33. The molecular weight excluding hydrogens is 417 g/mol. The van der Waals surface area contributed by atoms with Gasteiger partial charge in [-0.15, -0.1) is 24.0 Å². The summed E-state index contributed by atoms with van der Waals surface area (Å²) in [5.41, 5.74) is 0.316. The van der Waals surface area contributed by atoms with Crippen molar-refractivity contribution in [2.75, 3.05) is 13.6 Å². The molecule has 0 spiro atoms. The highest BCUT2D eigenvalue weighted by Gasteiger charge is 2.13. The largest absolute Gasteiger partial charge is 0.352 e. The monoisotopic (exact) mass is 440 g/mol. The highest BCUT2D eigenvalue weighted by atomic mass is 127. The highest BCUT2D eigenvalue weighted by Crippen LogP contribution is 2.17. The van der Waals surface area contributed by atoms with E-state index in [2.05, 4.69) is 20.9 Å². The van der Waals surface area contributed by atoms with E-state index in [9.17, 15) is 13.6 Å². The van der Waals surface area contributed by atoms with Crippen molar-refractivity contribution >= 4 is 35.8 Å². The Labute approximate surface area is 152 Å². The van der Waals surface area contributed by atoms with Crippen LogP contribution in [0, 0.1) is 11.6 Å². The Hall–Kier alpha value is -1.45. The molecule has 0 radical (unpaired) electrons. The number of carbonyl (C=O) groups excluding carboxylic acids is 1. The third-order valence-electron chi connectivity index (χ3n) is 2.87.